The smallest absolute Gasteiger partial charge is 0.175 e. The number of H-pyrrole nitrogens is 1. The molecule has 0 saturated carbocycles. The number of imidazole rings is 1. The van der Waals surface area contributed by atoms with Crippen LogP contribution in [0.25, 0.3) is 11.0 Å². The Morgan fingerprint density at radius 1 is 1.03 bits per heavy atom. The quantitative estimate of drug-likeness (QED) is 0.244. The Bertz CT molecular complexity index is 1140. The van der Waals surface area contributed by atoms with E-state index in [4.69, 9.17) is 21.1 Å². The maximum Gasteiger partial charge on any atom is 0.175 e. The standard InChI is InChI=1S/C25H25BrClN3O2/c1-2-31-23-14-18(13-20(26)25(23)32-16-17-7-9-19(27)10-8-17)15-28-12-11-24-29-21-5-3-4-6-22(21)30-24/h3-10,13-14,28H,2,11-12,15-16H2,1H3,(H,29,30). The Kier molecular flexibility index (Phi) is 7.68. The molecule has 32 heavy (non-hydrogen) atoms. The van der Waals surface area contributed by atoms with E-state index in [-0.39, 0.29) is 0 Å². The first-order chi connectivity index (χ1) is 15.6. The molecule has 4 rings (SSSR count). The summed E-state index contributed by atoms with van der Waals surface area (Å²) in [5, 5.41) is 4.19. The van der Waals surface area contributed by atoms with Crippen LogP contribution >= 0.6 is 27.5 Å². The van der Waals surface area contributed by atoms with E-state index in [1.807, 2.05) is 61.5 Å². The van der Waals surface area contributed by atoms with Gasteiger partial charge in [0.2, 0.25) is 0 Å². The van der Waals surface area contributed by atoms with Crippen LogP contribution in [0.15, 0.2) is 65.1 Å². The van der Waals surface area contributed by atoms with Crippen molar-refractivity contribution in [2.75, 3.05) is 13.2 Å². The number of rotatable bonds is 10. The van der Waals surface area contributed by atoms with Crippen molar-refractivity contribution in [3.05, 3.63) is 87.1 Å². The van der Waals surface area contributed by atoms with Crippen LogP contribution in [0.5, 0.6) is 11.5 Å². The third-order valence-electron chi connectivity index (χ3n) is 4.97. The van der Waals surface area contributed by atoms with Gasteiger partial charge in [0, 0.05) is 24.5 Å². The van der Waals surface area contributed by atoms with E-state index in [0.717, 1.165) is 57.7 Å². The number of nitrogens with one attached hydrogen (secondary N) is 2. The number of ether oxygens (including phenoxy) is 2. The number of hydrogen-bond acceptors (Lipinski definition) is 4. The number of fused-ring (bicyclic) bond motifs is 1. The summed E-state index contributed by atoms with van der Waals surface area (Å²) in [4.78, 5) is 7.99. The van der Waals surface area contributed by atoms with Gasteiger partial charge in [-0.25, -0.2) is 4.98 Å². The predicted molar refractivity (Wildman–Crippen MR) is 133 cm³/mol. The van der Waals surface area contributed by atoms with Gasteiger partial charge < -0.3 is 19.8 Å². The lowest BCUT2D eigenvalue weighted by molar-refractivity contribution is 0.267. The summed E-state index contributed by atoms with van der Waals surface area (Å²) in [5.74, 6) is 2.42. The minimum absolute atomic E-state index is 0.435. The van der Waals surface area contributed by atoms with Gasteiger partial charge in [-0.1, -0.05) is 35.9 Å². The second-order valence-corrected chi connectivity index (χ2v) is 8.67. The highest BCUT2D eigenvalue weighted by Crippen LogP contribution is 2.37. The number of para-hydroxylation sites is 2. The summed E-state index contributed by atoms with van der Waals surface area (Å²) in [7, 11) is 0. The van der Waals surface area contributed by atoms with Crippen molar-refractivity contribution in [3.8, 4) is 11.5 Å². The topological polar surface area (TPSA) is 59.2 Å². The molecule has 0 aliphatic carbocycles. The van der Waals surface area contributed by atoms with Gasteiger partial charge in [-0.3, -0.25) is 0 Å². The number of aromatic amines is 1. The highest BCUT2D eigenvalue weighted by Gasteiger charge is 2.13. The summed E-state index contributed by atoms with van der Waals surface area (Å²) in [5.41, 5.74) is 4.23. The fourth-order valence-corrected chi connectivity index (χ4v) is 4.16. The zero-order valence-electron chi connectivity index (χ0n) is 17.8. The molecule has 0 amide bonds. The summed E-state index contributed by atoms with van der Waals surface area (Å²) in [6.07, 6.45) is 0.830. The van der Waals surface area contributed by atoms with E-state index < -0.39 is 0 Å². The van der Waals surface area contributed by atoms with Gasteiger partial charge in [0.05, 0.1) is 22.1 Å². The molecule has 0 atom stereocenters. The molecule has 166 valence electrons. The maximum atomic E-state index is 6.07. The molecule has 0 spiro atoms. The summed E-state index contributed by atoms with van der Waals surface area (Å²) < 4.78 is 12.8. The van der Waals surface area contributed by atoms with E-state index in [2.05, 4.69) is 37.3 Å². The minimum atomic E-state index is 0.435. The Hall–Kier alpha value is -2.54. The Morgan fingerprint density at radius 3 is 2.62 bits per heavy atom. The highest BCUT2D eigenvalue weighted by atomic mass is 79.9. The molecule has 1 aromatic heterocycles. The zero-order chi connectivity index (χ0) is 22.3. The van der Waals surface area contributed by atoms with E-state index in [1.165, 1.54) is 0 Å². The van der Waals surface area contributed by atoms with Crippen molar-refractivity contribution in [1.82, 2.24) is 15.3 Å². The number of halogens is 2. The van der Waals surface area contributed by atoms with Crippen LogP contribution in [0.1, 0.15) is 23.9 Å². The normalized spacial score (nSPS) is 11.1. The van der Waals surface area contributed by atoms with Crippen LogP contribution < -0.4 is 14.8 Å². The van der Waals surface area contributed by atoms with Gasteiger partial charge in [0.25, 0.3) is 0 Å². The van der Waals surface area contributed by atoms with E-state index in [1.54, 1.807) is 0 Å². The van der Waals surface area contributed by atoms with Crippen molar-refractivity contribution in [1.29, 1.82) is 0 Å². The average molecular weight is 515 g/mol. The van der Waals surface area contributed by atoms with Gasteiger partial charge in [-0.15, -0.1) is 0 Å². The fraction of sp³-hybridized carbons (Fsp3) is 0.240. The molecule has 4 aromatic rings. The number of benzene rings is 3. The van der Waals surface area contributed by atoms with Gasteiger partial charge in [-0.05, 0) is 70.4 Å². The summed E-state index contributed by atoms with van der Waals surface area (Å²) in [6.45, 7) is 4.50. The molecular formula is C25H25BrClN3O2. The van der Waals surface area contributed by atoms with Gasteiger partial charge in [0.15, 0.2) is 11.5 Å². The molecule has 1 heterocycles. The maximum absolute atomic E-state index is 6.07. The summed E-state index contributed by atoms with van der Waals surface area (Å²) >= 11 is 9.61. The second kappa shape index (κ2) is 10.9. The van der Waals surface area contributed by atoms with Gasteiger partial charge in [0.1, 0.15) is 12.4 Å². The van der Waals surface area contributed by atoms with Crippen LogP contribution in [0.3, 0.4) is 0 Å². The second-order valence-electron chi connectivity index (χ2n) is 7.38. The molecule has 5 nitrogen and oxygen atoms in total. The third-order valence-corrected chi connectivity index (χ3v) is 5.81. The van der Waals surface area contributed by atoms with E-state index in [0.29, 0.717) is 24.0 Å². The van der Waals surface area contributed by atoms with Gasteiger partial charge >= 0.3 is 0 Å². The van der Waals surface area contributed by atoms with Gasteiger partial charge in [-0.2, -0.15) is 0 Å². The number of aromatic nitrogens is 2. The lowest BCUT2D eigenvalue weighted by Gasteiger charge is -2.16. The lowest BCUT2D eigenvalue weighted by atomic mass is 10.2. The van der Waals surface area contributed by atoms with Crippen LogP contribution in [0, 0.1) is 0 Å². The molecule has 0 unspecified atom stereocenters. The average Bonchev–Trinajstić information content (AvgIpc) is 3.20. The molecule has 0 saturated heterocycles. The minimum Gasteiger partial charge on any atom is -0.490 e. The van der Waals surface area contributed by atoms with Crippen molar-refractivity contribution >= 4 is 38.6 Å². The molecule has 0 radical (unpaired) electrons. The molecule has 3 aromatic carbocycles. The fourth-order valence-electron chi connectivity index (χ4n) is 3.43. The molecular weight excluding hydrogens is 490 g/mol. The monoisotopic (exact) mass is 513 g/mol. The van der Waals surface area contributed by atoms with Crippen molar-refractivity contribution in [3.63, 3.8) is 0 Å². The van der Waals surface area contributed by atoms with Crippen molar-refractivity contribution in [2.24, 2.45) is 0 Å². The SMILES string of the molecule is CCOc1cc(CNCCc2nc3ccccc3[nH]2)cc(Br)c1OCc1ccc(Cl)cc1. The number of nitrogens with zero attached hydrogens (tertiary/aromatic N) is 1. The molecule has 0 aliphatic heterocycles. The van der Waals surface area contributed by atoms with Crippen LogP contribution in [0.2, 0.25) is 5.02 Å². The first-order valence-corrected chi connectivity index (χ1v) is 11.8. The summed E-state index contributed by atoms with van der Waals surface area (Å²) in [6, 6.07) is 19.8. The van der Waals surface area contributed by atoms with E-state index >= 15 is 0 Å². The molecule has 0 aliphatic rings. The van der Waals surface area contributed by atoms with Crippen molar-refractivity contribution < 1.29 is 9.47 Å². The van der Waals surface area contributed by atoms with E-state index in [9.17, 15) is 0 Å². The van der Waals surface area contributed by atoms with Crippen LogP contribution in [-0.4, -0.2) is 23.1 Å². The lowest BCUT2D eigenvalue weighted by Crippen LogP contribution is -2.17. The molecule has 7 heteroatoms. The molecule has 0 fully saturated rings. The molecule has 2 N–H and O–H groups in total. The first kappa shape index (κ1) is 22.6. The first-order valence-electron chi connectivity index (χ1n) is 10.6. The Morgan fingerprint density at radius 2 is 1.84 bits per heavy atom. The highest BCUT2D eigenvalue weighted by molar-refractivity contribution is 9.10. The largest absolute Gasteiger partial charge is 0.490 e. The predicted octanol–water partition coefficient (Wildman–Crippen LogP) is 6.29. The van der Waals surface area contributed by atoms with Crippen molar-refractivity contribution in [2.45, 2.75) is 26.5 Å². The zero-order valence-corrected chi connectivity index (χ0v) is 20.2. The van der Waals surface area contributed by atoms with Crippen LogP contribution in [-0.2, 0) is 19.6 Å². The third kappa shape index (κ3) is 5.82. The molecule has 0 bridgehead atoms. The van der Waals surface area contributed by atoms with Crippen LogP contribution in [0.4, 0.5) is 0 Å². The number of hydrogen-bond donors (Lipinski definition) is 2. The Balaban J connectivity index is 1.36. The Labute approximate surface area is 201 Å².